The smallest absolute Gasteiger partial charge is 0.0917 e. The van der Waals surface area contributed by atoms with Crippen molar-refractivity contribution in [3.05, 3.63) is 77.0 Å². The molecule has 1 aromatic heterocycles. The lowest BCUT2D eigenvalue weighted by atomic mass is 10.0. The first kappa shape index (κ1) is 16.4. The number of hydrogen-bond donors (Lipinski definition) is 3. The van der Waals surface area contributed by atoms with Gasteiger partial charge in [-0.1, -0.05) is 54.1 Å². The summed E-state index contributed by atoms with van der Waals surface area (Å²) in [4.78, 5) is 0. The second-order valence-electron chi connectivity index (χ2n) is 6.14. The van der Waals surface area contributed by atoms with Crippen LogP contribution in [0.4, 0.5) is 0 Å². The Hall–Kier alpha value is -2.43. The summed E-state index contributed by atoms with van der Waals surface area (Å²) < 4.78 is 0. The van der Waals surface area contributed by atoms with Crippen LogP contribution in [-0.2, 0) is 6.54 Å². The minimum atomic E-state index is -0.513. The van der Waals surface area contributed by atoms with E-state index in [0.29, 0.717) is 13.1 Å². The monoisotopic (exact) mass is 321 g/mol. The van der Waals surface area contributed by atoms with Crippen molar-refractivity contribution < 1.29 is 5.11 Å². The second kappa shape index (κ2) is 7.43. The molecule has 0 bridgehead atoms. The zero-order chi connectivity index (χ0) is 16.9. The normalized spacial score (nSPS) is 12.3. The van der Waals surface area contributed by atoms with Crippen molar-refractivity contribution >= 4 is 0 Å². The first-order valence-corrected chi connectivity index (χ1v) is 8.18. The topological polar surface area (TPSA) is 60.9 Å². The summed E-state index contributed by atoms with van der Waals surface area (Å²) in [5, 5.41) is 20.9. The number of aryl methyl sites for hydroxylation is 2. The number of nitrogens with one attached hydrogen (secondary N) is 2. The Morgan fingerprint density at radius 1 is 1.08 bits per heavy atom. The highest BCUT2D eigenvalue weighted by Crippen LogP contribution is 2.22. The summed E-state index contributed by atoms with van der Waals surface area (Å²) in [6.45, 7) is 5.25. The fourth-order valence-electron chi connectivity index (χ4n) is 2.83. The summed E-state index contributed by atoms with van der Waals surface area (Å²) >= 11 is 0. The molecule has 4 nitrogen and oxygen atoms in total. The summed E-state index contributed by atoms with van der Waals surface area (Å²) in [7, 11) is 0. The summed E-state index contributed by atoms with van der Waals surface area (Å²) in [5.41, 5.74) is 6.55. The van der Waals surface area contributed by atoms with Crippen LogP contribution >= 0.6 is 0 Å². The van der Waals surface area contributed by atoms with E-state index in [1.54, 1.807) is 0 Å². The van der Waals surface area contributed by atoms with Gasteiger partial charge in [-0.3, -0.25) is 5.10 Å². The van der Waals surface area contributed by atoms with E-state index in [0.717, 1.165) is 27.9 Å². The number of aliphatic hydroxyl groups excluding tert-OH is 1. The molecule has 0 radical (unpaired) electrons. The first-order valence-electron chi connectivity index (χ1n) is 8.18. The van der Waals surface area contributed by atoms with Crippen molar-refractivity contribution in [2.45, 2.75) is 26.5 Å². The molecule has 2 aromatic carbocycles. The number of nitrogens with zero attached hydrogens (tertiary/aromatic N) is 1. The number of aliphatic hydroxyl groups is 1. The molecule has 3 rings (SSSR count). The number of aromatic nitrogens is 2. The predicted molar refractivity (Wildman–Crippen MR) is 96.6 cm³/mol. The molecule has 0 spiro atoms. The minimum Gasteiger partial charge on any atom is -0.387 e. The van der Waals surface area contributed by atoms with Gasteiger partial charge in [-0.25, -0.2) is 0 Å². The lowest BCUT2D eigenvalue weighted by Crippen LogP contribution is -2.21. The SMILES string of the molecule is Cc1ccc(-c2[nH]ncc2CNCC(O)c2ccccc2C)cc1. The Morgan fingerprint density at radius 2 is 1.83 bits per heavy atom. The molecule has 0 saturated carbocycles. The molecule has 0 aliphatic rings. The highest BCUT2D eigenvalue weighted by atomic mass is 16.3. The number of aromatic amines is 1. The van der Waals surface area contributed by atoms with Gasteiger partial charge in [0.25, 0.3) is 0 Å². The van der Waals surface area contributed by atoms with Crippen LogP contribution in [-0.4, -0.2) is 21.8 Å². The van der Waals surface area contributed by atoms with Gasteiger partial charge in [0.1, 0.15) is 0 Å². The summed E-state index contributed by atoms with van der Waals surface area (Å²) in [6.07, 6.45) is 1.32. The molecule has 3 aromatic rings. The Kier molecular flexibility index (Phi) is 5.08. The molecule has 1 heterocycles. The molecule has 0 aliphatic heterocycles. The number of rotatable bonds is 6. The largest absolute Gasteiger partial charge is 0.387 e. The molecule has 24 heavy (non-hydrogen) atoms. The van der Waals surface area contributed by atoms with Crippen molar-refractivity contribution in [1.82, 2.24) is 15.5 Å². The Bertz CT molecular complexity index is 793. The van der Waals surface area contributed by atoms with E-state index >= 15 is 0 Å². The van der Waals surface area contributed by atoms with Gasteiger partial charge in [-0.15, -0.1) is 0 Å². The van der Waals surface area contributed by atoms with Crippen molar-refractivity contribution in [3.8, 4) is 11.3 Å². The lowest BCUT2D eigenvalue weighted by molar-refractivity contribution is 0.173. The van der Waals surface area contributed by atoms with Crippen LogP contribution in [0.25, 0.3) is 11.3 Å². The predicted octanol–water partition coefficient (Wildman–Crippen LogP) is 3.52. The Morgan fingerprint density at radius 3 is 2.58 bits per heavy atom. The van der Waals surface area contributed by atoms with E-state index in [-0.39, 0.29) is 0 Å². The van der Waals surface area contributed by atoms with E-state index in [1.807, 2.05) is 37.4 Å². The quantitative estimate of drug-likeness (QED) is 0.651. The Balaban J connectivity index is 1.63. The van der Waals surface area contributed by atoms with E-state index in [9.17, 15) is 5.11 Å². The van der Waals surface area contributed by atoms with Crippen LogP contribution in [0, 0.1) is 13.8 Å². The van der Waals surface area contributed by atoms with Crippen LogP contribution in [0.5, 0.6) is 0 Å². The fourth-order valence-corrected chi connectivity index (χ4v) is 2.83. The van der Waals surface area contributed by atoms with Crippen molar-refractivity contribution in [1.29, 1.82) is 0 Å². The van der Waals surface area contributed by atoms with Gasteiger partial charge >= 0.3 is 0 Å². The van der Waals surface area contributed by atoms with Gasteiger partial charge in [0, 0.05) is 18.7 Å². The molecular formula is C20H23N3O. The van der Waals surface area contributed by atoms with Crippen LogP contribution in [0.1, 0.15) is 28.4 Å². The van der Waals surface area contributed by atoms with Gasteiger partial charge in [0.05, 0.1) is 18.0 Å². The van der Waals surface area contributed by atoms with Gasteiger partial charge < -0.3 is 10.4 Å². The summed E-state index contributed by atoms with van der Waals surface area (Å²) in [6, 6.07) is 16.3. The third-order valence-corrected chi connectivity index (χ3v) is 4.26. The number of benzene rings is 2. The van der Waals surface area contributed by atoms with Crippen molar-refractivity contribution in [2.24, 2.45) is 0 Å². The zero-order valence-corrected chi connectivity index (χ0v) is 14.1. The van der Waals surface area contributed by atoms with E-state index in [2.05, 4.69) is 46.7 Å². The molecule has 0 amide bonds. The fraction of sp³-hybridized carbons (Fsp3) is 0.250. The third-order valence-electron chi connectivity index (χ3n) is 4.26. The molecule has 0 saturated heterocycles. The molecule has 1 atom stereocenters. The maximum absolute atomic E-state index is 10.4. The molecule has 1 unspecified atom stereocenters. The standard InChI is InChI=1S/C20H23N3O/c1-14-7-9-16(10-8-14)20-17(12-22-23-20)11-21-13-19(24)18-6-4-3-5-15(18)2/h3-10,12,19,21,24H,11,13H2,1-2H3,(H,22,23). The van der Waals surface area contributed by atoms with Gasteiger partial charge in [-0.05, 0) is 30.5 Å². The zero-order valence-electron chi connectivity index (χ0n) is 14.1. The second-order valence-corrected chi connectivity index (χ2v) is 6.14. The van der Waals surface area contributed by atoms with Gasteiger partial charge in [0.2, 0.25) is 0 Å². The van der Waals surface area contributed by atoms with E-state index in [1.165, 1.54) is 5.56 Å². The molecular weight excluding hydrogens is 298 g/mol. The maximum Gasteiger partial charge on any atom is 0.0917 e. The van der Waals surface area contributed by atoms with Crippen molar-refractivity contribution in [2.75, 3.05) is 6.54 Å². The van der Waals surface area contributed by atoms with Crippen LogP contribution in [0.15, 0.2) is 54.7 Å². The lowest BCUT2D eigenvalue weighted by Gasteiger charge is -2.14. The minimum absolute atomic E-state index is 0.503. The third kappa shape index (κ3) is 3.72. The average molecular weight is 321 g/mol. The molecule has 124 valence electrons. The van der Waals surface area contributed by atoms with Crippen molar-refractivity contribution in [3.63, 3.8) is 0 Å². The van der Waals surface area contributed by atoms with Gasteiger partial charge in [-0.2, -0.15) is 5.10 Å². The number of H-pyrrole nitrogens is 1. The molecule has 0 fully saturated rings. The summed E-state index contributed by atoms with van der Waals surface area (Å²) in [5.74, 6) is 0. The highest BCUT2D eigenvalue weighted by molar-refractivity contribution is 5.62. The molecule has 4 heteroatoms. The first-order chi connectivity index (χ1) is 11.6. The van der Waals surface area contributed by atoms with Crippen LogP contribution in [0.2, 0.25) is 0 Å². The maximum atomic E-state index is 10.4. The van der Waals surface area contributed by atoms with Gasteiger partial charge in [0.15, 0.2) is 0 Å². The molecule has 0 aliphatic carbocycles. The highest BCUT2D eigenvalue weighted by Gasteiger charge is 2.11. The van der Waals surface area contributed by atoms with Crippen LogP contribution in [0.3, 0.4) is 0 Å². The number of hydrogen-bond acceptors (Lipinski definition) is 3. The van der Waals surface area contributed by atoms with E-state index < -0.39 is 6.10 Å². The van der Waals surface area contributed by atoms with E-state index in [4.69, 9.17) is 0 Å². The Labute approximate surface area is 142 Å². The average Bonchev–Trinajstić information content (AvgIpc) is 3.04. The van der Waals surface area contributed by atoms with Crippen LogP contribution < -0.4 is 5.32 Å². The molecule has 3 N–H and O–H groups in total.